The van der Waals surface area contributed by atoms with E-state index in [1.807, 2.05) is 0 Å². The minimum atomic E-state index is -1.21. The Morgan fingerprint density at radius 2 is 1.03 bits per heavy atom. The van der Waals surface area contributed by atoms with Crippen LogP contribution in [0.4, 0.5) is 0 Å². The lowest BCUT2D eigenvalue weighted by Gasteiger charge is -2.29. The maximum absolute atomic E-state index is 12.2. The predicted octanol–water partition coefficient (Wildman–Crippen LogP) is -0.852. The van der Waals surface area contributed by atoms with Gasteiger partial charge in [0, 0.05) is 37.4 Å². The van der Waals surface area contributed by atoms with Crippen molar-refractivity contribution in [3.63, 3.8) is 0 Å². The maximum atomic E-state index is 12.2. The highest BCUT2D eigenvalue weighted by Gasteiger charge is 2.32. The number of nitrogens with one attached hydrogen (secondary N) is 4. The van der Waals surface area contributed by atoms with E-state index in [9.17, 15) is 28.8 Å². The minimum Gasteiger partial charge on any atom is -0.478 e. The summed E-state index contributed by atoms with van der Waals surface area (Å²) in [5.41, 5.74) is 0. The molecule has 4 amide bonds. The monoisotopic (exact) mass is 486 g/mol. The first kappa shape index (κ1) is 32.4. The fraction of sp³-hybridized carbons (Fsp3) is 0.500. The van der Waals surface area contributed by atoms with Crippen molar-refractivity contribution in [2.75, 3.05) is 13.1 Å². The molecule has 0 radical (unpaired) electrons. The van der Waals surface area contributed by atoms with Gasteiger partial charge in [-0.25, -0.2) is 9.59 Å². The van der Waals surface area contributed by atoms with Crippen LogP contribution in [0.3, 0.4) is 0 Å². The first-order valence-electron chi connectivity index (χ1n) is 10.2. The van der Waals surface area contributed by atoms with E-state index in [-0.39, 0.29) is 24.1 Å². The number of aliphatic carboxylic acids is 2. The van der Waals surface area contributed by atoms with Gasteiger partial charge in [-0.05, 0) is 38.5 Å². The molecule has 0 aromatic carbocycles. The average molecular weight is 487 g/mol. The number of hydrogen-bond donors (Lipinski definition) is 8. The van der Waals surface area contributed by atoms with Crippen LogP contribution < -0.4 is 33.6 Å². The van der Waals surface area contributed by atoms with Crippen LogP contribution in [-0.4, -0.2) is 71.0 Å². The Hall–Kier alpha value is -3.78. The topological polar surface area (TPSA) is 261 Å². The smallest absolute Gasteiger partial charge is 0.328 e. The minimum absolute atomic E-state index is 0. The van der Waals surface area contributed by atoms with Gasteiger partial charge in [0.15, 0.2) is 0 Å². The number of carbonyl (C=O) groups is 6. The molecule has 1 aliphatic heterocycles. The van der Waals surface area contributed by atoms with Crippen LogP contribution in [0.1, 0.15) is 38.5 Å². The SMILES string of the molecule is N.N.O=C(O)/C=C/C(=O)NCCCCC1NC(=O)C(CCCCNC(=O)/C=C/C(=O)O)NC1=O. The number of rotatable bonds is 14. The highest BCUT2D eigenvalue weighted by molar-refractivity contribution is 5.97. The third-order valence-electron chi connectivity index (χ3n) is 4.46. The molecule has 1 heterocycles. The molecule has 2 atom stereocenters. The summed E-state index contributed by atoms with van der Waals surface area (Å²) in [5.74, 6) is -4.03. The van der Waals surface area contributed by atoms with E-state index in [0.29, 0.717) is 51.6 Å². The summed E-state index contributed by atoms with van der Waals surface area (Å²) in [6.07, 6.45) is 6.38. The highest BCUT2D eigenvalue weighted by atomic mass is 16.4. The molecule has 2 unspecified atom stereocenters. The van der Waals surface area contributed by atoms with Crippen LogP contribution in [-0.2, 0) is 28.8 Å². The van der Waals surface area contributed by atoms with E-state index in [1.54, 1.807) is 0 Å². The molecule has 1 saturated heterocycles. The highest BCUT2D eigenvalue weighted by Crippen LogP contribution is 2.10. The zero-order valence-electron chi connectivity index (χ0n) is 18.9. The van der Waals surface area contributed by atoms with E-state index < -0.39 is 35.8 Å². The Kier molecular flexibility index (Phi) is 16.9. The molecule has 14 nitrogen and oxygen atoms in total. The molecule has 0 spiro atoms. The van der Waals surface area contributed by atoms with Crippen LogP contribution in [0.5, 0.6) is 0 Å². The summed E-state index contributed by atoms with van der Waals surface area (Å²) in [7, 11) is 0. The first-order chi connectivity index (χ1) is 15.2. The molecule has 1 rings (SSSR count). The Bertz CT molecular complexity index is 719. The standard InChI is InChI=1S/C20H28N4O8.2H3N/c25-15(7-9-17(27)28)21-11-3-1-5-13-19(31)24-14(20(32)23-13)6-2-4-12-22-16(26)8-10-18(29)30;;/h7-10,13-14H,1-6,11-12H2,(H,21,25)(H,22,26)(H,23,32)(H,24,31)(H,27,28)(H,29,30);2*1H3/b9-7+,10-8+;;. The number of piperazine rings is 1. The summed E-state index contributed by atoms with van der Waals surface area (Å²) in [6.45, 7) is 0.632. The van der Waals surface area contributed by atoms with Gasteiger partial charge in [0.05, 0.1) is 0 Å². The van der Waals surface area contributed by atoms with Gasteiger partial charge < -0.3 is 43.8 Å². The Morgan fingerprint density at radius 3 is 1.35 bits per heavy atom. The molecule has 0 aromatic heterocycles. The number of carboxylic acids is 2. The molecule has 0 saturated carbocycles. The summed E-state index contributed by atoms with van der Waals surface area (Å²) in [5, 5.41) is 27.3. The summed E-state index contributed by atoms with van der Waals surface area (Å²) in [4.78, 5) is 67.7. The van der Waals surface area contributed by atoms with Crippen molar-refractivity contribution in [3.8, 4) is 0 Å². The third kappa shape index (κ3) is 14.3. The second-order valence-electron chi connectivity index (χ2n) is 7.04. The fourth-order valence-electron chi connectivity index (χ4n) is 2.86. The Balaban J connectivity index is 0. The van der Waals surface area contributed by atoms with Crippen molar-refractivity contribution in [3.05, 3.63) is 24.3 Å². The molecular formula is C20H34N6O8. The first-order valence-corrected chi connectivity index (χ1v) is 10.2. The molecule has 1 aliphatic rings. The molecule has 34 heavy (non-hydrogen) atoms. The van der Waals surface area contributed by atoms with Gasteiger partial charge in [-0.3, -0.25) is 19.2 Å². The van der Waals surface area contributed by atoms with Crippen LogP contribution in [0, 0.1) is 0 Å². The van der Waals surface area contributed by atoms with Gasteiger partial charge >= 0.3 is 11.9 Å². The lowest BCUT2D eigenvalue weighted by atomic mass is 10.0. The molecule has 14 heteroatoms. The van der Waals surface area contributed by atoms with E-state index in [2.05, 4.69) is 21.3 Å². The van der Waals surface area contributed by atoms with Crippen molar-refractivity contribution in [2.45, 2.75) is 50.6 Å². The lowest BCUT2D eigenvalue weighted by molar-refractivity contribution is -0.137. The van der Waals surface area contributed by atoms with Crippen molar-refractivity contribution >= 4 is 35.6 Å². The van der Waals surface area contributed by atoms with Crippen molar-refractivity contribution in [1.82, 2.24) is 33.6 Å². The second-order valence-corrected chi connectivity index (χ2v) is 7.04. The van der Waals surface area contributed by atoms with Crippen LogP contribution >= 0.6 is 0 Å². The Morgan fingerprint density at radius 1 is 0.676 bits per heavy atom. The second kappa shape index (κ2) is 17.7. The molecule has 0 aliphatic carbocycles. The van der Waals surface area contributed by atoms with E-state index in [1.165, 1.54) is 0 Å². The molecule has 0 bridgehead atoms. The van der Waals surface area contributed by atoms with Gasteiger partial charge in [0.25, 0.3) is 0 Å². The van der Waals surface area contributed by atoms with Gasteiger partial charge in [-0.15, -0.1) is 0 Å². The Labute approximate surface area is 196 Å². The largest absolute Gasteiger partial charge is 0.478 e. The van der Waals surface area contributed by atoms with Crippen LogP contribution in [0.25, 0.3) is 0 Å². The van der Waals surface area contributed by atoms with Crippen molar-refractivity contribution < 1.29 is 39.0 Å². The normalized spacial score (nSPS) is 17.2. The predicted molar refractivity (Wildman–Crippen MR) is 121 cm³/mol. The number of unbranched alkanes of at least 4 members (excludes halogenated alkanes) is 2. The molecule has 192 valence electrons. The number of amides is 4. The molecule has 12 N–H and O–H groups in total. The summed E-state index contributed by atoms with van der Waals surface area (Å²) in [6, 6.07) is -1.30. The number of carbonyl (C=O) groups excluding carboxylic acids is 4. The molecule has 1 fully saturated rings. The lowest BCUT2D eigenvalue weighted by Crippen LogP contribution is -2.61. The van der Waals surface area contributed by atoms with Crippen molar-refractivity contribution in [2.24, 2.45) is 0 Å². The molecule has 0 aromatic rings. The van der Waals surface area contributed by atoms with Crippen molar-refractivity contribution in [1.29, 1.82) is 0 Å². The summed E-state index contributed by atoms with van der Waals surface area (Å²) >= 11 is 0. The quantitative estimate of drug-likeness (QED) is 0.111. The van der Waals surface area contributed by atoms with Gasteiger partial charge in [0.1, 0.15) is 12.1 Å². The zero-order chi connectivity index (χ0) is 23.9. The van der Waals surface area contributed by atoms with Gasteiger partial charge in [-0.2, -0.15) is 0 Å². The molecular weight excluding hydrogens is 452 g/mol. The average Bonchev–Trinajstić information content (AvgIpc) is 2.73. The van der Waals surface area contributed by atoms with Crippen LogP contribution in [0.15, 0.2) is 24.3 Å². The van der Waals surface area contributed by atoms with E-state index in [0.717, 1.165) is 24.3 Å². The maximum Gasteiger partial charge on any atom is 0.328 e. The fourth-order valence-corrected chi connectivity index (χ4v) is 2.86. The van der Waals surface area contributed by atoms with E-state index in [4.69, 9.17) is 10.2 Å². The summed E-state index contributed by atoms with van der Waals surface area (Å²) < 4.78 is 0. The van der Waals surface area contributed by atoms with E-state index >= 15 is 0 Å². The number of carboxylic acid groups (broad SMARTS) is 2. The zero-order valence-corrected chi connectivity index (χ0v) is 18.9. The van der Waals surface area contributed by atoms with Gasteiger partial charge in [-0.1, -0.05) is 0 Å². The van der Waals surface area contributed by atoms with Crippen LogP contribution in [0.2, 0.25) is 0 Å². The number of hydrogen-bond acceptors (Lipinski definition) is 8. The van der Waals surface area contributed by atoms with Gasteiger partial charge in [0.2, 0.25) is 23.6 Å². The third-order valence-corrected chi connectivity index (χ3v) is 4.46.